The monoisotopic (exact) mass is 560 g/mol. The first-order valence-electron chi connectivity index (χ1n) is 11.5. The number of nitrogens with zero attached hydrogens (tertiary/aromatic N) is 2. The van der Waals surface area contributed by atoms with Crippen LogP contribution >= 0.6 is 24.0 Å². The second-order valence-corrected chi connectivity index (χ2v) is 8.05. The summed E-state index contributed by atoms with van der Waals surface area (Å²) >= 11 is 0. The fourth-order valence-corrected chi connectivity index (χ4v) is 3.89. The first-order chi connectivity index (χ1) is 15.2. The number of hydrogen-bond acceptors (Lipinski definition) is 5. The van der Waals surface area contributed by atoms with Crippen molar-refractivity contribution >= 4 is 35.8 Å². The summed E-state index contributed by atoms with van der Waals surface area (Å²) in [7, 11) is 0. The van der Waals surface area contributed by atoms with Gasteiger partial charge in [-0.25, -0.2) is 0 Å². The Labute approximate surface area is 208 Å². The third-order valence-corrected chi connectivity index (χ3v) is 5.66. The van der Waals surface area contributed by atoms with Gasteiger partial charge >= 0.3 is 0 Å². The van der Waals surface area contributed by atoms with Crippen molar-refractivity contribution in [2.24, 2.45) is 4.99 Å². The van der Waals surface area contributed by atoms with E-state index in [1.807, 2.05) is 0 Å². The Kier molecular flexibility index (Phi) is 12.1. The molecule has 0 radical (unpaired) electrons. The summed E-state index contributed by atoms with van der Waals surface area (Å²) in [6.45, 7) is 7.20. The topological polar surface area (TPSA) is 95.4 Å². The number of nitrogens with one attached hydrogen (secondary N) is 2. The molecule has 2 aliphatic heterocycles. The molecular formula is C23H37IN4O4. The van der Waals surface area contributed by atoms with E-state index in [-0.39, 0.29) is 47.8 Å². The van der Waals surface area contributed by atoms with E-state index >= 15 is 0 Å². The van der Waals surface area contributed by atoms with Gasteiger partial charge in [0.15, 0.2) is 5.96 Å². The third kappa shape index (κ3) is 8.74. The third-order valence-electron chi connectivity index (χ3n) is 5.66. The van der Waals surface area contributed by atoms with Gasteiger partial charge < -0.3 is 30.1 Å². The van der Waals surface area contributed by atoms with Gasteiger partial charge in [0.05, 0.1) is 25.4 Å². The number of phenolic OH excluding ortho intramolecular Hbond substituents is 1. The number of amides is 1. The van der Waals surface area contributed by atoms with Crippen LogP contribution in [0.25, 0.3) is 0 Å². The lowest BCUT2D eigenvalue weighted by Gasteiger charge is -2.35. The number of aromatic hydroxyl groups is 1. The number of piperidine rings is 1. The molecule has 1 amide bonds. The Morgan fingerprint density at radius 2 is 1.94 bits per heavy atom. The minimum atomic E-state index is -0.167. The van der Waals surface area contributed by atoms with Crippen LogP contribution in [0.15, 0.2) is 29.3 Å². The summed E-state index contributed by atoms with van der Waals surface area (Å²) in [5.74, 6) is 0.864. The molecule has 0 saturated carbocycles. The van der Waals surface area contributed by atoms with Crippen molar-refractivity contribution in [3.05, 3.63) is 29.8 Å². The summed E-state index contributed by atoms with van der Waals surface area (Å²) in [6.07, 6.45) is 6.03. The van der Waals surface area contributed by atoms with Crippen LogP contribution in [0.2, 0.25) is 0 Å². The van der Waals surface area contributed by atoms with Crippen LogP contribution < -0.4 is 10.6 Å². The van der Waals surface area contributed by atoms with E-state index in [2.05, 4.69) is 27.4 Å². The Hall–Kier alpha value is -1.59. The second kappa shape index (κ2) is 14.5. The summed E-state index contributed by atoms with van der Waals surface area (Å²) < 4.78 is 11.9. The maximum absolute atomic E-state index is 12.1. The highest BCUT2D eigenvalue weighted by Gasteiger charge is 2.23. The Bertz CT molecular complexity index is 702. The van der Waals surface area contributed by atoms with Gasteiger partial charge in [0.1, 0.15) is 5.75 Å². The molecule has 8 nitrogen and oxygen atoms in total. The zero-order valence-corrected chi connectivity index (χ0v) is 21.3. The van der Waals surface area contributed by atoms with E-state index in [9.17, 15) is 9.90 Å². The molecule has 1 aromatic rings. The molecular weight excluding hydrogens is 523 g/mol. The number of carbonyl (C=O) groups excluding carboxylic acids is 1. The standard InChI is InChI=1S/C23H36N4O4.HI/c1-2-24-23(26-13-12-25-22(29)18-6-8-19(28)9-7-18)27-14-10-20(11-15-27)31-17-21-5-3-4-16-30-21;/h6-9,20-21,28H,2-5,10-17H2,1H3,(H,24,26)(H,25,29);1H. The fourth-order valence-electron chi connectivity index (χ4n) is 3.89. The summed E-state index contributed by atoms with van der Waals surface area (Å²) in [5, 5.41) is 15.5. The summed E-state index contributed by atoms with van der Waals surface area (Å²) in [5.41, 5.74) is 0.523. The molecule has 3 N–H and O–H groups in total. The van der Waals surface area contributed by atoms with Gasteiger partial charge in [0.25, 0.3) is 5.91 Å². The predicted octanol–water partition coefficient (Wildman–Crippen LogP) is 2.76. The van der Waals surface area contributed by atoms with Gasteiger partial charge in [-0.1, -0.05) is 0 Å². The van der Waals surface area contributed by atoms with Gasteiger partial charge in [-0.15, -0.1) is 24.0 Å². The molecule has 0 bridgehead atoms. The molecule has 2 heterocycles. The van der Waals surface area contributed by atoms with Crippen LogP contribution in [0, 0.1) is 0 Å². The zero-order chi connectivity index (χ0) is 21.9. The molecule has 2 fully saturated rings. The first-order valence-corrected chi connectivity index (χ1v) is 11.5. The molecule has 0 spiro atoms. The van der Waals surface area contributed by atoms with E-state index in [4.69, 9.17) is 9.47 Å². The molecule has 0 aliphatic carbocycles. The van der Waals surface area contributed by atoms with Crippen molar-refractivity contribution in [1.82, 2.24) is 15.5 Å². The van der Waals surface area contributed by atoms with Gasteiger partial charge in [-0.05, 0) is 63.3 Å². The lowest BCUT2D eigenvalue weighted by molar-refractivity contribution is -0.0721. The van der Waals surface area contributed by atoms with Crippen LogP contribution in [0.5, 0.6) is 5.75 Å². The number of aliphatic imine (C=N–C) groups is 1. The van der Waals surface area contributed by atoms with E-state index in [1.54, 1.807) is 12.1 Å². The number of benzene rings is 1. The highest BCUT2D eigenvalue weighted by atomic mass is 127. The molecule has 9 heteroatoms. The maximum atomic E-state index is 12.1. The lowest BCUT2D eigenvalue weighted by Crippen LogP contribution is -2.47. The smallest absolute Gasteiger partial charge is 0.251 e. The van der Waals surface area contributed by atoms with E-state index < -0.39 is 0 Å². The number of likely N-dealkylation sites (tertiary alicyclic amines) is 1. The number of ether oxygens (including phenoxy) is 2. The largest absolute Gasteiger partial charge is 0.508 e. The first kappa shape index (κ1) is 26.7. The molecule has 0 aromatic heterocycles. The quantitative estimate of drug-likeness (QED) is 0.196. The second-order valence-electron chi connectivity index (χ2n) is 8.05. The molecule has 2 saturated heterocycles. The van der Waals surface area contributed by atoms with E-state index in [0.717, 1.165) is 51.5 Å². The van der Waals surface area contributed by atoms with Crippen molar-refractivity contribution in [3.63, 3.8) is 0 Å². The predicted molar refractivity (Wildman–Crippen MR) is 136 cm³/mol. The normalized spacial score (nSPS) is 19.8. The number of hydrogen-bond donors (Lipinski definition) is 3. The van der Waals surface area contributed by atoms with E-state index in [0.29, 0.717) is 25.3 Å². The average molecular weight is 560 g/mol. The number of rotatable bonds is 8. The Morgan fingerprint density at radius 1 is 1.19 bits per heavy atom. The van der Waals surface area contributed by atoms with Crippen molar-refractivity contribution < 1.29 is 19.4 Å². The number of halogens is 1. The van der Waals surface area contributed by atoms with Gasteiger partial charge in [-0.3, -0.25) is 9.79 Å². The minimum Gasteiger partial charge on any atom is -0.508 e. The van der Waals surface area contributed by atoms with Crippen LogP contribution in [0.4, 0.5) is 0 Å². The van der Waals surface area contributed by atoms with Crippen molar-refractivity contribution in [2.75, 3.05) is 45.9 Å². The zero-order valence-electron chi connectivity index (χ0n) is 18.9. The number of carbonyl (C=O) groups is 1. The maximum Gasteiger partial charge on any atom is 0.251 e. The molecule has 32 heavy (non-hydrogen) atoms. The van der Waals surface area contributed by atoms with Crippen molar-refractivity contribution in [3.8, 4) is 5.75 Å². The SMILES string of the molecule is CCNC(=NCCNC(=O)c1ccc(O)cc1)N1CCC(OCC2CCCCO2)CC1.I. The average Bonchev–Trinajstić information content (AvgIpc) is 2.81. The van der Waals surface area contributed by atoms with Crippen molar-refractivity contribution in [1.29, 1.82) is 0 Å². The molecule has 180 valence electrons. The molecule has 3 rings (SSSR count). The summed E-state index contributed by atoms with van der Waals surface area (Å²) in [4.78, 5) is 19.1. The highest BCUT2D eigenvalue weighted by molar-refractivity contribution is 14.0. The van der Waals surface area contributed by atoms with Crippen LogP contribution in [-0.4, -0.2) is 80.0 Å². The molecule has 2 aliphatic rings. The van der Waals surface area contributed by atoms with Crippen molar-refractivity contribution in [2.45, 2.75) is 51.2 Å². The molecule has 1 unspecified atom stereocenters. The number of phenols is 1. The summed E-state index contributed by atoms with van der Waals surface area (Å²) in [6, 6.07) is 6.22. The van der Waals surface area contributed by atoms with Crippen LogP contribution in [0.3, 0.4) is 0 Å². The Balaban J connectivity index is 0.00000363. The fraction of sp³-hybridized carbons (Fsp3) is 0.652. The Morgan fingerprint density at radius 3 is 2.59 bits per heavy atom. The van der Waals surface area contributed by atoms with Gasteiger partial charge in [-0.2, -0.15) is 0 Å². The van der Waals surface area contributed by atoms with Gasteiger partial charge in [0, 0.05) is 38.3 Å². The van der Waals surface area contributed by atoms with Gasteiger partial charge in [0.2, 0.25) is 0 Å². The van der Waals surface area contributed by atoms with E-state index in [1.165, 1.54) is 25.0 Å². The lowest BCUT2D eigenvalue weighted by atomic mass is 10.1. The van der Waals surface area contributed by atoms with Crippen LogP contribution in [0.1, 0.15) is 49.4 Å². The highest BCUT2D eigenvalue weighted by Crippen LogP contribution is 2.18. The minimum absolute atomic E-state index is 0. The molecule has 1 aromatic carbocycles. The molecule has 1 atom stereocenters. The number of guanidine groups is 1. The van der Waals surface area contributed by atoms with Crippen LogP contribution in [-0.2, 0) is 9.47 Å².